The molecule has 0 aliphatic carbocycles. The maximum atomic E-state index is 13.4. The maximum absolute atomic E-state index is 13.4. The molecule has 6 heteroatoms. The third kappa shape index (κ3) is 3.99. The third-order valence-electron chi connectivity index (χ3n) is 5.32. The lowest BCUT2D eigenvalue weighted by atomic mass is 10.0. The Balaban J connectivity index is 1.71. The van der Waals surface area contributed by atoms with Crippen LogP contribution in [0, 0.1) is 0 Å². The van der Waals surface area contributed by atoms with E-state index in [1.807, 2.05) is 85.0 Å². The van der Waals surface area contributed by atoms with Gasteiger partial charge in [-0.1, -0.05) is 32.0 Å². The molecule has 2 heterocycles. The molecule has 1 aliphatic heterocycles. The SMILES string of the molecule is CC(C)c1ccc(N2C(=O)C(Nc3ccc(N(C)C)cc3)=C(c3cccs3)C2=O)cc1. The van der Waals surface area contributed by atoms with E-state index in [-0.39, 0.29) is 11.8 Å². The first kappa shape index (κ1) is 20.9. The highest BCUT2D eigenvalue weighted by atomic mass is 32.1. The second kappa shape index (κ2) is 8.40. The van der Waals surface area contributed by atoms with E-state index in [1.54, 1.807) is 0 Å². The van der Waals surface area contributed by atoms with E-state index < -0.39 is 0 Å². The minimum absolute atomic E-state index is 0.304. The minimum Gasteiger partial charge on any atom is -0.378 e. The number of anilines is 3. The summed E-state index contributed by atoms with van der Waals surface area (Å²) < 4.78 is 0. The van der Waals surface area contributed by atoms with E-state index in [1.165, 1.54) is 16.2 Å². The highest BCUT2D eigenvalue weighted by molar-refractivity contribution is 7.11. The Hall–Kier alpha value is -3.38. The van der Waals surface area contributed by atoms with Crippen LogP contribution in [0.25, 0.3) is 5.57 Å². The number of amides is 2. The van der Waals surface area contributed by atoms with Crippen LogP contribution >= 0.6 is 11.3 Å². The fourth-order valence-corrected chi connectivity index (χ4v) is 4.29. The predicted octanol–water partition coefficient (Wildman–Crippen LogP) is 5.33. The van der Waals surface area contributed by atoms with Gasteiger partial charge in [0.25, 0.3) is 11.8 Å². The van der Waals surface area contributed by atoms with Crippen molar-refractivity contribution in [2.24, 2.45) is 0 Å². The standard InChI is InChI=1S/C25H25N3O2S/c1-16(2)17-7-11-20(12-8-17)28-24(29)22(21-6-5-15-31-21)23(25(28)30)26-18-9-13-19(14-10-18)27(3)4/h5-16,26H,1-4H3. The van der Waals surface area contributed by atoms with Crippen molar-refractivity contribution >= 4 is 45.8 Å². The van der Waals surface area contributed by atoms with Crippen LogP contribution in [-0.2, 0) is 9.59 Å². The summed E-state index contributed by atoms with van der Waals surface area (Å²) in [5, 5.41) is 5.12. The van der Waals surface area contributed by atoms with Crippen molar-refractivity contribution in [1.29, 1.82) is 0 Å². The third-order valence-corrected chi connectivity index (χ3v) is 6.21. The Morgan fingerprint density at radius 1 is 0.903 bits per heavy atom. The van der Waals surface area contributed by atoms with Gasteiger partial charge in [-0.2, -0.15) is 0 Å². The van der Waals surface area contributed by atoms with Gasteiger partial charge in [0, 0.05) is 30.3 Å². The highest BCUT2D eigenvalue weighted by Crippen LogP contribution is 2.36. The first-order chi connectivity index (χ1) is 14.9. The van der Waals surface area contributed by atoms with E-state index >= 15 is 0 Å². The van der Waals surface area contributed by atoms with Gasteiger partial charge >= 0.3 is 0 Å². The van der Waals surface area contributed by atoms with Crippen LogP contribution < -0.4 is 15.1 Å². The largest absolute Gasteiger partial charge is 0.378 e. The zero-order valence-electron chi connectivity index (χ0n) is 18.0. The summed E-state index contributed by atoms with van der Waals surface area (Å²) in [5.74, 6) is -0.277. The van der Waals surface area contributed by atoms with Crippen LogP contribution in [0.3, 0.4) is 0 Å². The molecular weight excluding hydrogens is 406 g/mol. The Morgan fingerprint density at radius 2 is 1.58 bits per heavy atom. The molecule has 0 atom stereocenters. The lowest BCUT2D eigenvalue weighted by Crippen LogP contribution is -2.32. The fourth-order valence-electron chi connectivity index (χ4n) is 3.53. The van der Waals surface area contributed by atoms with Gasteiger partial charge in [-0.25, -0.2) is 4.90 Å². The normalized spacial score (nSPS) is 14.0. The molecule has 1 aromatic heterocycles. The number of nitrogens with one attached hydrogen (secondary N) is 1. The molecule has 0 saturated heterocycles. The molecule has 3 aromatic rings. The number of benzene rings is 2. The molecule has 0 bridgehead atoms. The number of carbonyl (C=O) groups is 2. The predicted molar refractivity (Wildman–Crippen MR) is 129 cm³/mol. The summed E-state index contributed by atoms with van der Waals surface area (Å²) in [7, 11) is 3.95. The van der Waals surface area contributed by atoms with Gasteiger partial charge in [-0.05, 0) is 59.3 Å². The van der Waals surface area contributed by atoms with Gasteiger partial charge in [0.2, 0.25) is 0 Å². The molecule has 0 radical (unpaired) electrons. The summed E-state index contributed by atoms with van der Waals surface area (Å²) in [5.41, 5.74) is 4.26. The topological polar surface area (TPSA) is 52.7 Å². The van der Waals surface area contributed by atoms with Gasteiger partial charge in [0.1, 0.15) is 5.70 Å². The first-order valence-corrected chi connectivity index (χ1v) is 11.1. The average molecular weight is 432 g/mol. The Kier molecular flexibility index (Phi) is 5.65. The van der Waals surface area contributed by atoms with Crippen molar-refractivity contribution in [2.45, 2.75) is 19.8 Å². The number of nitrogens with zero attached hydrogens (tertiary/aromatic N) is 2. The molecule has 31 heavy (non-hydrogen) atoms. The van der Waals surface area contributed by atoms with Gasteiger partial charge in [0.05, 0.1) is 11.3 Å². The van der Waals surface area contributed by atoms with Crippen molar-refractivity contribution in [1.82, 2.24) is 0 Å². The fraction of sp³-hybridized carbons (Fsp3) is 0.200. The molecule has 158 valence electrons. The Bertz CT molecular complexity index is 1130. The monoisotopic (exact) mass is 431 g/mol. The second-order valence-corrected chi connectivity index (χ2v) is 8.93. The lowest BCUT2D eigenvalue weighted by Gasteiger charge is -2.17. The van der Waals surface area contributed by atoms with Gasteiger partial charge in [-0.15, -0.1) is 11.3 Å². The van der Waals surface area contributed by atoms with E-state index in [2.05, 4.69) is 19.2 Å². The molecule has 0 saturated carbocycles. The Labute approximate surface area is 186 Å². The number of carbonyl (C=O) groups excluding carboxylic acids is 2. The molecule has 0 fully saturated rings. The number of imide groups is 1. The van der Waals surface area contributed by atoms with Gasteiger partial charge in [-0.3, -0.25) is 9.59 Å². The molecule has 1 aliphatic rings. The van der Waals surface area contributed by atoms with Crippen LogP contribution in [0.5, 0.6) is 0 Å². The number of rotatable bonds is 6. The number of hydrogen-bond acceptors (Lipinski definition) is 5. The van der Waals surface area contributed by atoms with E-state index in [4.69, 9.17) is 0 Å². The van der Waals surface area contributed by atoms with E-state index in [0.717, 1.165) is 21.8 Å². The summed E-state index contributed by atoms with van der Waals surface area (Å²) in [4.78, 5) is 30.8. The van der Waals surface area contributed by atoms with Crippen molar-refractivity contribution in [3.8, 4) is 0 Å². The average Bonchev–Trinajstić information content (AvgIpc) is 3.35. The summed E-state index contributed by atoms with van der Waals surface area (Å²) >= 11 is 1.45. The van der Waals surface area contributed by atoms with Crippen LogP contribution in [-0.4, -0.2) is 25.9 Å². The Morgan fingerprint density at radius 3 is 2.13 bits per heavy atom. The smallest absolute Gasteiger partial charge is 0.282 e. The van der Waals surface area contributed by atoms with Gasteiger partial charge < -0.3 is 10.2 Å². The zero-order valence-corrected chi connectivity index (χ0v) is 18.9. The van der Waals surface area contributed by atoms with Crippen molar-refractivity contribution in [3.05, 3.63) is 82.2 Å². The molecule has 0 unspecified atom stereocenters. The second-order valence-electron chi connectivity index (χ2n) is 7.99. The molecule has 2 aromatic carbocycles. The molecule has 2 amide bonds. The minimum atomic E-state index is -0.345. The quantitative estimate of drug-likeness (QED) is 0.536. The van der Waals surface area contributed by atoms with E-state index in [9.17, 15) is 9.59 Å². The molecule has 0 spiro atoms. The van der Waals surface area contributed by atoms with Gasteiger partial charge in [0.15, 0.2) is 0 Å². The molecular formula is C25H25N3O2S. The first-order valence-electron chi connectivity index (χ1n) is 10.2. The summed E-state index contributed by atoms with van der Waals surface area (Å²) in [6.45, 7) is 4.22. The van der Waals surface area contributed by atoms with Crippen molar-refractivity contribution in [3.63, 3.8) is 0 Å². The van der Waals surface area contributed by atoms with Crippen molar-refractivity contribution < 1.29 is 9.59 Å². The molecule has 4 rings (SSSR count). The zero-order chi connectivity index (χ0) is 22.1. The highest BCUT2D eigenvalue weighted by Gasteiger charge is 2.40. The van der Waals surface area contributed by atoms with E-state index in [0.29, 0.717) is 22.9 Å². The number of hydrogen-bond donors (Lipinski definition) is 1. The molecule has 1 N–H and O–H groups in total. The summed E-state index contributed by atoms with van der Waals surface area (Å²) in [6, 6.07) is 19.1. The lowest BCUT2D eigenvalue weighted by molar-refractivity contribution is -0.120. The van der Waals surface area contributed by atoms with Crippen LogP contribution in [0.1, 0.15) is 30.2 Å². The number of thiophene rings is 1. The maximum Gasteiger partial charge on any atom is 0.282 e. The van der Waals surface area contributed by atoms with Crippen molar-refractivity contribution in [2.75, 3.05) is 29.2 Å². The van der Waals surface area contributed by atoms with Crippen LogP contribution in [0.15, 0.2) is 71.7 Å². The molecule has 5 nitrogen and oxygen atoms in total. The summed E-state index contributed by atoms with van der Waals surface area (Å²) in [6.07, 6.45) is 0. The van der Waals surface area contributed by atoms with Crippen LogP contribution in [0.2, 0.25) is 0 Å². The van der Waals surface area contributed by atoms with Crippen LogP contribution in [0.4, 0.5) is 17.1 Å².